The van der Waals surface area contributed by atoms with Crippen molar-refractivity contribution in [2.24, 2.45) is 0 Å². The van der Waals surface area contributed by atoms with Crippen molar-refractivity contribution in [1.29, 1.82) is 0 Å². The highest BCUT2D eigenvalue weighted by Gasteiger charge is 2.25. The van der Waals surface area contributed by atoms with Crippen LogP contribution < -0.4 is 0 Å². The molecule has 0 spiro atoms. The molecule has 0 bridgehead atoms. The van der Waals surface area contributed by atoms with E-state index < -0.39 is 0 Å². The van der Waals surface area contributed by atoms with Crippen molar-refractivity contribution in [2.75, 3.05) is 0 Å². The summed E-state index contributed by atoms with van der Waals surface area (Å²) in [6.07, 6.45) is 6.78. The molecule has 0 atom stereocenters. The second-order valence-electron chi connectivity index (χ2n) is 16.8. The Bertz CT molecular complexity index is 3790. The minimum Gasteiger partial charge on any atom is -0.309 e. The quantitative estimate of drug-likeness (QED) is 0.158. The summed E-state index contributed by atoms with van der Waals surface area (Å²) in [5.74, 6) is 0. The number of allylic oxidation sites excluding steroid dienone is 1. The highest BCUT2D eigenvalue weighted by molar-refractivity contribution is 7.26. The zero-order valence-corrected chi connectivity index (χ0v) is 35.3. The van der Waals surface area contributed by atoms with E-state index >= 15 is 0 Å². The van der Waals surface area contributed by atoms with E-state index in [-0.39, 0.29) is 0 Å². The van der Waals surface area contributed by atoms with Gasteiger partial charge in [0.2, 0.25) is 0 Å². The van der Waals surface area contributed by atoms with Gasteiger partial charge in [0.25, 0.3) is 0 Å². The molecule has 3 heterocycles. The summed E-state index contributed by atoms with van der Waals surface area (Å²) in [6, 6.07) is 75.9. The van der Waals surface area contributed by atoms with Gasteiger partial charge in [0, 0.05) is 43.0 Å². The maximum atomic E-state index is 2.56. The number of benzene rings is 9. The van der Waals surface area contributed by atoms with Gasteiger partial charge in [-0.15, -0.1) is 11.3 Å². The molecule has 0 saturated carbocycles. The highest BCUT2D eigenvalue weighted by Crippen LogP contribution is 2.46. The van der Waals surface area contributed by atoms with E-state index in [2.05, 4.69) is 228 Å². The Morgan fingerprint density at radius 1 is 0.397 bits per heavy atom. The second-order valence-corrected chi connectivity index (χ2v) is 17.8. The Kier molecular flexibility index (Phi) is 8.25. The number of para-hydroxylation sites is 2. The summed E-state index contributed by atoms with van der Waals surface area (Å²) in [7, 11) is 0. The number of thiophene rings is 1. The maximum Gasteiger partial charge on any atom is 0.0640 e. The normalized spacial score (nSPS) is 12.6. The Balaban J connectivity index is 0.925. The highest BCUT2D eigenvalue weighted by atomic mass is 32.1. The van der Waals surface area contributed by atoms with E-state index in [4.69, 9.17) is 0 Å². The van der Waals surface area contributed by atoms with Crippen LogP contribution in [0.3, 0.4) is 0 Å². The van der Waals surface area contributed by atoms with Crippen molar-refractivity contribution in [3.63, 3.8) is 0 Å². The molecule has 0 radical (unpaired) electrons. The first-order valence-corrected chi connectivity index (χ1v) is 22.7. The Morgan fingerprint density at radius 2 is 0.968 bits per heavy atom. The molecule has 1 aliphatic carbocycles. The van der Waals surface area contributed by atoms with Crippen molar-refractivity contribution in [3.8, 4) is 55.9 Å². The van der Waals surface area contributed by atoms with E-state index in [1.54, 1.807) is 0 Å². The third kappa shape index (κ3) is 5.78. The average Bonchev–Trinajstić information content (AvgIpc) is 4.02. The molecule has 3 aromatic heterocycles. The van der Waals surface area contributed by atoms with E-state index in [1.165, 1.54) is 120 Å². The molecular formula is C60H40N2S. The van der Waals surface area contributed by atoms with Crippen LogP contribution in [0.4, 0.5) is 0 Å². The summed E-state index contributed by atoms with van der Waals surface area (Å²) >= 11 is 1.91. The lowest BCUT2D eigenvalue weighted by molar-refractivity contribution is 0.970. The number of aromatic nitrogens is 2. The molecule has 296 valence electrons. The molecule has 0 N–H and O–H groups in total. The molecule has 0 fully saturated rings. The van der Waals surface area contributed by atoms with Gasteiger partial charge in [-0.2, -0.15) is 0 Å². The number of rotatable bonds is 6. The van der Waals surface area contributed by atoms with Gasteiger partial charge >= 0.3 is 0 Å². The van der Waals surface area contributed by atoms with Crippen LogP contribution in [0, 0.1) is 0 Å². The lowest BCUT2D eigenvalue weighted by atomic mass is 9.94. The molecule has 9 aromatic carbocycles. The minimum absolute atomic E-state index is 1.02. The largest absolute Gasteiger partial charge is 0.309 e. The summed E-state index contributed by atoms with van der Waals surface area (Å²) in [6.45, 7) is 0. The fraction of sp³-hybridized carbons (Fsp3) is 0.0333. The van der Waals surface area contributed by atoms with Gasteiger partial charge in [0.15, 0.2) is 0 Å². The lowest BCUT2D eigenvalue weighted by Gasteiger charge is -2.13. The monoisotopic (exact) mass is 820 g/mol. The SMILES string of the molecule is C1=Cc2c(c3c(ccc4c5ccccc5n(-c5ccccc5)c43)n2-c2cccc3c2sc2cc(-c4cccc(-c5cccc(-c6cccc(-c7ccccc7)c6)c5)c4)ccc23)CC1. The van der Waals surface area contributed by atoms with E-state index in [9.17, 15) is 0 Å². The molecular weight excluding hydrogens is 781 g/mol. The fourth-order valence-corrected chi connectivity index (χ4v) is 11.5. The molecule has 0 amide bonds. The van der Waals surface area contributed by atoms with Crippen LogP contribution in [0.2, 0.25) is 0 Å². The minimum atomic E-state index is 1.02. The lowest BCUT2D eigenvalue weighted by Crippen LogP contribution is -2.00. The van der Waals surface area contributed by atoms with E-state index in [0.717, 1.165) is 12.8 Å². The molecule has 1 aliphatic rings. The number of nitrogens with zero attached hydrogens (tertiary/aromatic N) is 2. The van der Waals surface area contributed by atoms with E-state index in [1.807, 2.05) is 11.3 Å². The molecule has 13 rings (SSSR count). The van der Waals surface area contributed by atoms with Crippen LogP contribution in [0.5, 0.6) is 0 Å². The summed E-state index contributed by atoms with van der Waals surface area (Å²) in [4.78, 5) is 0. The first-order chi connectivity index (χ1) is 31.2. The van der Waals surface area contributed by atoms with Gasteiger partial charge in [0.05, 0.1) is 26.9 Å². The predicted molar refractivity (Wildman–Crippen MR) is 270 cm³/mol. The smallest absolute Gasteiger partial charge is 0.0640 e. The molecule has 0 aliphatic heterocycles. The molecule has 12 aromatic rings. The van der Waals surface area contributed by atoms with Gasteiger partial charge in [-0.25, -0.2) is 0 Å². The molecule has 0 saturated heterocycles. The average molecular weight is 821 g/mol. The zero-order valence-electron chi connectivity index (χ0n) is 34.5. The maximum absolute atomic E-state index is 2.56. The van der Waals surface area contributed by atoms with Crippen LogP contribution in [0.1, 0.15) is 17.7 Å². The third-order valence-corrected chi connectivity index (χ3v) is 14.4. The Labute approximate surface area is 369 Å². The van der Waals surface area contributed by atoms with Crippen LogP contribution in [0.25, 0.3) is 115 Å². The topological polar surface area (TPSA) is 9.86 Å². The standard InChI is InChI=1S/C60H40N2S/c1-3-15-39(16-4-1)40-17-11-18-41(35-40)42-19-12-20-43(36-42)44-21-13-22-45(37-44)46-31-32-49-51-27-14-30-56(60(51)63-57(49)38-46)62-54-29-10-8-26-52(54)58-55(62)34-33-50-48-25-7-9-28-53(48)61(59(50)58)47-23-5-2-6-24-47/h1-7,9-25,27-38H,8,26H2. The van der Waals surface area contributed by atoms with Crippen molar-refractivity contribution < 1.29 is 0 Å². The summed E-state index contributed by atoms with van der Waals surface area (Å²) in [5, 5.41) is 6.55. The molecule has 2 nitrogen and oxygen atoms in total. The molecule has 3 heteroatoms. The Morgan fingerprint density at radius 3 is 1.68 bits per heavy atom. The zero-order chi connectivity index (χ0) is 41.4. The third-order valence-electron chi connectivity index (χ3n) is 13.2. The van der Waals surface area contributed by atoms with Crippen molar-refractivity contribution >= 4 is 70.3 Å². The van der Waals surface area contributed by atoms with Crippen LogP contribution >= 0.6 is 11.3 Å². The van der Waals surface area contributed by atoms with Crippen LogP contribution in [0.15, 0.2) is 212 Å². The Hall–Kier alpha value is -7.72. The van der Waals surface area contributed by atoms with Gasteiger partial charge in [-0.1, -0.05) is 158 Å². The van der Waals surface area contributed by atoms with Crippen LogP contribution in [-0.2, 0) is 6.42 Å². The summed E-state index contributed by atoms with van der Waals surface area (Å²) in [5.41, 5.74) is 18.7. The van der Waals surface area contributed by atoms with Gasteiger partial charge in [0.1, 0.15) is 0 Å². The van der Waals surface area contributed by atoms with Crippen LogP contribution in [-0.4, -0.2) is 9.13 Å². The number of fused-ring (bicyclic) bond motifs is 10. The van der Waals surface area contributed by atoms with Gasteiger partial charge in [-0.05, 0) is 124 Å². The van der Waals surface area contributed by atoms with Crippen molar-refractivity contribution in [3.05, 3.63) is 224 Å². The predicted octanol–water partition coefficient (Wildman–Crippen LogP) is 16.7. The number of aryl methyl sites for hydroxylation is 1. The second kappa shape index (κ2) is 14.4. The number of hydrogen-bond donors (Lipinski definition) is 0. The van der Waals surface area contributed by atoms with Gasteiger partial charge < -0.3 is 9.13 Å². The fourth-order valence-electron chi connectivity index (χ4n) is 10.3. The van der Waals surface area contributed by atoms with Gasteiger partial charge in [-0.3, -0.25) is 0 Å². The molecule has 0 unspecified atom stereocenters. The van der Waals surface area contributed by atoms with Crippen molar-refractivity contribution in [1.82, 2.24) is 9.13 Å². The van der Waals surface area contributed by atoms with E-state index in [0.29, 0.717) is 0 Å². The first kappa shape index (κ1) is 36.0. The molecule has 63 heavy (non-hydrogen) atoms. The summed E-state index contributed by atoms with van der Waals surface area (Å²) < 4.78 is 7.66. The number of hydrogen-bond acceptors (Lipinski definition) is 1. The van der Waals surface area contributed by atoms with Crippen molar-refractivity contribution in [2.45, 2.75) is 12.8 Å². The first-order valence-electron chi connectivity index (χ1n) is 21.9.